The molecule has 3 rings (SSSR count). The summed E-state index contributed by atoms with van der Waals surface area (Å²) >= 11 is 0. The van der Waals surface area contributed by atoms with E-state index in [-0.39, 0.29) is 0 Å². The second kappa shape index (κ2) is 5.25. The average Bonchev–Trinajstić information content (AvgIpc) is 2.81. The van der Waals surface area contributed by atoms with Gasteiger partial charge in [-0.3, -0.25) is 0 Å². The summed E-state index contributed by atoms with van der Waals surface area (Å²) in [7, 11) is 2.23. The molecule has 17 heavy (non-hydrogen) atoms. The number of fused-ring (bicyclic) bond motifs is 1. The van der Waals surface area contributed by atoms with Crippen LogP contribution in [0.3, 0.4) is 0 Å². The molecule has 0 unspecified atom stereocenters. The van der Waals surface area contributed by atoms with Gasteiger partial charge in [0.15, 0.2) is 0 Å². The lowest BCUT2D eigenvalue weighted by Gasteiger charge is -2.38. The Balaban J connectivity index is 1.53. The Morgan fingerprint density at radius 1 is 1.06 bits per heavy atom. The Kier molecular flexibility index (Phi) is 3.69. The molecule has 3 aliphatic rings. The minimum atomic E-state index is 0.576. The SMILES string of the molecule is CN1CCC(N[C@@H]2CCC[C@@H]3OCC[C@H]32)CC1. The number of rotatable bonds is 2. The van der Waals surface area contributed by atoms with E-state index in [4.69, 9.17) is 4.74 Å². The number of hydrogen-bond donors (Lipinski definition) is 1. The van der Waals surface area contributed by atoms with Gasteiger partial charge >= 0.3 is 0 Å². The second-order valence-electron chi connectivity index (χ2n) is 6.14. The number of nitrogens with zero attached hydrogens (tertiary/aromatic N) is 1. The molecule has 2 heterocycles. The summed E-state index contributed by atoms with van der Waals surface area (Å²) in [6, 6.07) is 1.50. The molecule has 3 heteroatoms. The molecule has 2 saturated heterocycles. The minimum Gasteiger partial charge on any atom is -0.378 e. The second-order valence-corrected chi connectivity index (χ2v) is 6.14. The number of piperidine rings is 1. The molecule has 0 bridgehead atoms. The van der Waals surface area contributed by atoms with Gasteiger partial charge in [0.25, 0.3) is 0 Å². The summed E-state index contributed by atoms with van der Waals surface area (Å²) in [5.41, 5.74) is 0. The lowest BCUT2D eigenvalue weighted by Crippen LogP contribution is -2.50. The van der Waals surface area contributed by atoms with E-state index in [1.165, 1.54) is 51.6 Å². The van der Waals surface area contributed by atoms with Crippen LogP contribution in [0.2, 0.25) is 0 Å². The van der Waals surface area contributed by atoms with Crippen molar-refractivity contribution in [3.8, 4) is 0 Å². The molecule has 0 spiro atoms. The predicted octanol–water partition coefficient (Wildman–Crippen LogP) is 1.63. The van der Waals surface area contributed by atoms with E-state index in [9.17, 15) is 0 Å². The molecule has 3 fully saturated rings. The van der Waals surface area contributed by atoms with Crippen molar-refractivity contribution in [3.63, 3.8) is 0 Å². The fraction of sp³-hybridized carbons (Fsp3) is 1.00. The van der Waals surface area contributed by atoms with Gasteiger partial charge in [0.05, 0.1) is 6.10 Å². The van der Waals surface area contributed by atoms with Crippen LogP contribution in [-0.2, 0) is 4.74 Å². The van der Waals surface area contributed by atoms with Gasteiger partial charge in [0.1, 0.15) is 0 Å². The zero-order valence-electron chi connectivity index (χ0n) is 11.0. The van der Waals surface area contributed by atoms with Crippen LogP contribution in [0, 0.1) is 5.92 Å². The Bertz CT molecular complexity index is 251. The number of hydrogen-bond acceptors (Lipinski definition) is 3. The topological polar surface area (TPSA) is 24.5 Å². The van der Waals surface area contributed by atoms with E-state index in [0.717, 1.165) is 24.6 Å². The largest absolute Gasteiger partial charge is 0.378 e. The van der Waals surface area contributed by atoms with Gasteiger partial charge in [-0.1, -0.05) is 0 Å². The highest BCUT2D eigenvalue weighted by atomic mass is 16.5. The lowest BCUT2D eigenvalue weighted by atomic mass is 9.81. The van der Waals surface area contributed by atoms with Gasteiger partial charge in [-0.15, -0.1) is 0 Å². The first-order valence-electron chi connectivity index (χ1n) is 7.39. The van der Waals surface area contributed by atoms with E-state index >= 15 is 0 Å². The first-order chi connectivity index (χ1) is 8.33. The first kappa shape index (κ1) is 11.9. The van der Waals surface area contributed by atoms with Crippen molar-refractivity contribution in [1.29, 1.82) is 0 Å². The van der Waals surface area contributed by atoms with Gasteiger partial charge in [-0.25, -0.2) is 0 Å². The fourth-order valence-corrected chi connectivity index (χ4v) is 3.86. The third-order valence-electron chi connectivity index (χ3n) is 4.95. The third-order valence-corrected chi connectivity index (χ3v) is 4.95. The van der Waals surface area contributed by atoms with E-state index in [0.29, 0.717) is 6.10 Å². The molecule has 98 valence electrons. The molecule has 3 atom stereocenters. The maximum Gasteiger partial charge on any atom is 0.0619 e. The quantitative estimate of drug-likeness (QED) is 0.791. The molecule has 3 nitrogen and oxygen atoms in total. The molecule has 0 aromatic heterocycles. The van der Waals surface area contributed by atoms with Crippen molar-refractivity contribution in [2.24, 2.45) is 5.92 Å². The van der Waals surface area contributed by atoms with Crippen LogP contribution in [-0.4, -0.2) is 49.8 Å². The first-order valence-corrected chi connectivity index (χ1v) is 7.39. The standard InChI is InChI=1S/C14H26N2O/c1-16-8-5-11(6-9-16)15-13-3-2-4-14-12(13)7-10-17-14/h11-15H,2-10H2,1H3/t12-,13+,14-/m0/s1. The summed E-state index contributed by atoms with van der Waals surface area (Å²) in [4.78, 5) is 2.44. The van der Waals surface area contributed by atoms with Crippen molar-refractivity contribution in [1.82, 2.24) is 10.2 Å². The summed E-state index contributed by atoms with van der Waals surface area (Å²) in [5.74, 6) is 0.809. The normalized spacial score (nSPS) is 40.4. The highest BCUT2D eigenvalue weighted by Gasteiger charge is 2.38. The summed E-state index contributed by atoms with van der Waals surface area (Å²) in [6.45, 7) is 3.52. The smallest absolute Gasteiger partial charge is 0.0619 e. The fourth-order valence-electron chi connectivity index (χ4n) is 3.86. The highest BCUT2D eigenvalue weighted by molar-refractivity contribution is 4.92. The monoisotopic (exact) mass is 238 g/mol. The van der Waals surface area contributed by atoms with Crippen molar-refractivity contribution in [3.05, 3.63) is 0 Å². The van der Waals surface area contributed by atoms with E-state index in [2.05, 4.69) is 17.3 Å². The van der Waals surface area contributed by atoms with Crippen LogP contribution >= 0.6 is 0 Å². The summed E-state index contributed by atoms with van der Waals surface area (Å²) in [6.07, 6.45) is 8.54. The lowest BCUT2D eigenvalue weighted by molar-refractivity contribution is 0.0489. The van der Waals surface area contributed by atoms with E-state index in [1.54, 1.807) is 0 Å². The zero-order valence-corrected chi connectivity index (χ0v) is 11.0. The number of likely N-dealkylation sites (tertiary alicyclic amines) is 1. The third kappa shape index (κ3) is 2.67. The number of nitrogens with one attached hydrogen (secondary N) is 1. The molecule has 0 amide bonds. The molecule has 1 N–H and O–H groups in total. The van der Waals surface area contributed by atoms with Crippen LogP contribution in [0.4, 0.5) is 0 Å². The van der Waals surface area contributed by atoms with Crippen LogP contribution in [0.5, 0.6) is 0 Å². The van der Waals surface area contributed by atoms with Crippen LogP contribution in [0.1, 0.15) is 38.5 Å². The molecular formula is C14H26N2O. The molecule has 1 saturated carbocycles. The molecular weight excluding hydrogens is 212 g/mol. The molecule has 2 aliphatic heterocycles. The maximum absolute atomic E-state index is 5.85. The Morgan fingerprint density at radius 3 is 2.71 bits per heavy atom. The van der Waals surface area contributed by atoms with E-state index < -0.39 is 0 Å². The van der Waals surface area contributed by atoms with Gasteiger partial charge in [0, 0.05) is 24.6 Å². The van der Waals surface area contributed by atoms with Crippen LogP contribution < -0.4 is 5.32 Å². The van der Waals surface area contributed by atoms with Crippen molar-refractivity contribution in [2.75, 3.05) is 26.7 Å². The van der Waals surface area contributed by atoms with E-state index in [1.807, 2.05) is 0 Å². The van der Waals surface area contributed by atoms with Crippen molar-refractivity contribution >= 4 is 0 Å². The zero-order chi connectivity index (χ0) is 11.7. The summed E-state index contributed by atoms with van der Waals surface area (Å²) < 4.78 is 5.85. The molecule has 0 radical (unpaired) electrons. The maximum atomic E-state index is 5.85. The van der Waals surface area contributed by atoms with Crippen LogP contribution in [0.25, 0.3) is 0 Å². The Hall–Kier alpha value is -0.120. The van der Waals surface area contributed by atoms with Gasteiger partial charge < -0.3 is 15.0 Å². The molecule has 0 aromatic rings. The number of ether oxygens (including phenoxy) is 1. The molecule has 1 aliphatic carbocycles. The minimum absolute atomic E-state index is 0.576. The van der Waals surface area contributed by atoms with Crippen molar-refractivity contribution in [2.45, 2.75) is 56.7 Å². The Labute approximate surface area is 105 Å². The molecule has 0 aromatic carbocycles. The van der Waals surface area contributed by atoms with Gasteiger partial charge in [-0.05, 0) is 58.7 Å². The highest BCUT2D eigenvalue weighted by Crippen LogP contribution is 2.34. The van der Waals surface area contributed by atoms with Gasteiger partial charge in [-0.2, -0.15) is 0 Å². The van der Waals surface area contributed by atoms with Crippen molar-refractivity contribution < 1.29 is 4.74 Å². The Morgan fingerprint density at radius 2 is 1.88 bits per heavy atom. The predicted molar refractivity (Wildman–Crippen MR) is 69.1 cm³/mol. The van der Waals surface area contributed by atoms with Crippen LogP contribution in [0.15, 0.2) is 0 Å². The average molecular weight is 238 g/mol. The van der Waals surface area contributed by atoms with Gasteiger partial charge in [0.2, 0.25) is 0 Å². The summed E-state index contributed by atoms with van der Waals surface area (Å²) in [5, 5.41) is 3.94.